The van der Waals surface area contributed by atoms with Gasteiger partial charge < -0.3 is 19.9 Å². The monoisotopic (exact) mass is 371 g/mol. The summed E-state index contributed by atoms with van der Waals surface area (Å²) in [7, 11) is 0. The average molecular weight is 372 g/mol. The Morgan fingerprint density at radius 3 is 2.85 bits per heavy atom. The number of hydrogen-bond donors (Lipinski definition) is 2. The normalized spacial score (nSPS) is 11.8. The van der Waals surface area contributed by atoms with Crippen LogP contribution in [0.4, 0.5) is 0 Å². The van der Waals surface area contributed by atoms with Gasteiger partial charge in [0.15, 0.2) is 5.96 Å². The van der Waals surface area contributed by atoms with Crippen molar-refractivity contribution in [1.82, 2.24) is 20.2 Å². The Morgan fingerprint density at radius 2 is 2.11 bits per heavy atom. The molecule has 6 nitrogen and oxygen atoms in total. The van der Waals surface area contributed by atoms with Gasteiger partial charge in [0.05, 0.1) is 12.9 Å². The number of imidazole rings is 1. The molecule has 1 aromatic carbocycles. The lowest BCUT2D eigenvalue weighted by atomic mass is 10.1. The summed E-state index contributed by atoms with van der Waals surface area (Å²) in [5, 5.41) is 6.68. The van der Waals surface area contributed by atoms with Gasteiger partial charge in [-0.2, -0.15) is 0 Å². The lowest BCUT2D eigenvalue weighted by Gasteiger charge is -2.12. The Balaban J connectivity index is 1.81. The first-order valence-corrected chi connectivity index (χ1v) is 9.81. The highest BCUT2D eigenvalue weighted by Crippen LogP contribution is 2.08. The van der Waals surface area contributed by atoms with Crippen LogP contribution in [0.3, 0.4) is 0 Å². The highest BCUT2D eigenvalue weighted by Gasteiger charge is 2.00. The van der Waals surface area contributed by atoms with Gasteiger partial charge in [-0.05, 0) is 30.4 Å². The van der Waals surface area contributed by atoms with Gasteiger partial charge in [0.25, 0.3) is 0 Å². The van der Waals surface area contributed by atoms with Gasteiger partial charge in [0.1, 0.15) is 0 Å². The van der Waals surface area contributed by atoms with Crippen molar-refractivity contribution in [3.05, 3.63) is 54.1 Å². The van der Waals surface area contributed by atoms with Gasteiger partial charge in [-0.15, -0.1) is 0 Å². The first-order chi connectivity index (χ1) is 13.2. The quantitative estimate of drug-likeness (QED) is 0.362. The molecule has 1 heterocycles. The molecule has 0 spiro atoms. The number of ether oxygens (including phenoxy) is 1. The molecule has 0 saturated heterocycles. The zero-order valence-electron chi connectivity index (χ0n) is 16.8. The predicted octanol–water partition coefficient (Wildman–Crippen LogP) is 3.05. The summed E-state index contributed by atoms with van der Waals surface area (Å²) < 4.78 is 7.68. The van der Waals surface area contributed by atoms with Gasteiger partial charge in [-0.3, -0.25) is 0 Å². The topological polar surface area (TPSA) is 63.5 Å². The molecule has 6 heteroatoms. The number of aromatic nitrogens is 2. The number of aliphatic imine (C=N–C) groups is 1. The molecule has 0 radical (unpaired) electrons. The number of nitrogens with one attached hydrogen (secondary N) is 2. The number of benzene rings is 1. The fourth-order valence-electron chi connectivity index (χ4n) is 2.63. The van der Waals surface area contributed by atoms with Crippen molar-refractivity contribution in [2.75, 3.05) is 26.3 Å². The molecule has 0 aliphatic rings. The van der Waals surface area contributed by atoms with Crippen LogP contribution in [0.2, 0.25) is 0 Å². The maximum atomic E-state index is 5.62. The largest absolute Gasteiger partial charge is 0.381 e. The second-order valence-electron chi connectivity index (χ2n) is 7.00. The van der Waals surface area contributed by atoms with E-state index < -0.39 is 0 Å². The van der Waals surface area contributed by atoms with Gasteiger partial charge >= 0.3 is 0 Å². The highest BCUT2D eigenvalue weighted by molar-refractivity contribution is 5.79. The minimum atomic E-state index is 0.585. The Bertz CT molecular complexity index is 667. The molecule has 2 N–H and O–H groups in total. The number of nitrogens with zero attached hydrogens (tertiary/aromatic N) is 3. The van der Waals surface area contributed by atoms with E-state index in [0.717, 1.165) is 45.2 Å². The highest BCUT2D eigenvalue weighted by atomic mass is 16.5. The summed E-state index contributed by atoms with van der Waals surface area (Å²) in [4.78, 5) is 8.79. The molecule has 148 valence electrons. The van der Waals surface area contributed by atoms with Crippen LogP contribution in [0.1, 0.15) is 38.3 Å². The molecular formula is C21H33N5O. The summed E-state index contributed by atoms with van der Waals surface area (Å²) in [5.41, 5.74) is 2.45. The third kappa shape index (κ3) is 8.73. The minimum Gasteiger partial charge on any atom is -0.381 e. The number of rotatable bonds is 11. The molecule has 0 atom stereocenters. The smallest absolute Gasteiger partial charge is 0.191 e. The Kier molecular flexibility index (Phi) is 9.41. The van der Waals surface area contributed by atoms with Gasteiger partial charge in [0.2, 0.25) is 0 Å². The van der Waals surface area contributed by atoms with Crippen molar-refractivity contribution in [2.45, 2.75) is 40.3 Å². The van der Waals surface area contributed by atoms with E-state index >= 15 is 0 Å². The molecule has 1 aromatic heterocycles. The van der Waals surface area contributed by atoms with Crippen LogP contribution in [0.15, 0.2) is 48.0 Å². The molecule has 27 heavy (non-hydrogen) atoms. The standard InChI is InChI=1S/C21H33N5O/c1-4-23-21(24-9-6-12-27-16-18(2)3)25-14-19-7-5-8-20(13-19)15-26-11-10-22-17-26/h5,7-8,10-11,13,17-18H,4,6,9,12,14-16H2,1-3H3,(H2,23,24,25). The van der Waals surface area contributed by atoms with Crippen LogP contribution in [-0.2, 0) is 17.8 Å². The first-order valence-electron chi connectivity index (χ1n) is 9.81. The molecule has 0 fully saturated rings. The maximum absolute atomic E-state index is 5.62. The maximum Gasteiger partial charge on any atom is 0.191 e. The van der Waals surface area contributed by atoms with Crippen molar-refractivity contribution in [3.8, 4) is 0 Å². The fourth-order valence-corrected chi connectivity index (χ4v) is 2.63. The minimum absolute atomic E-state index is 0.585. The molecule has 0 bridgehead atoms. The van der Waals surface area contributed by atoms with E-state index in [1.165, 1.54) is 11.1 Å². The fraction of sp³-hybridized carbons (Fsp3) is 0.524. The van der Waals surface area contributed by atoms with Crippen molar-refractivity contribution < 1.29 is 4.74 Å². The van der Waals surface area contributed by atoms with Gasteiger partial charge in [-0.1, -0.05) is 38.1 Å². The van der Waals surface area contributed by atoms with Crippen molar-refractivity contribution in [3.63, 3.8) is 0 Å². The zero-order valence-corrected chi connectivity index (χ0v) is 16.8. The van der Waals surface area contributed by atoms with E-state index in [0.29, 0.717) is 12.5 Å². The second kappa shape index (κ2) is 12.1. The zero-order chi connectivity index (χ0) is 19.3. The summed E-state index contributed by atoms with van der Waals surface area (Å²) in [6, 6.07) is 8.54. The Morgan fingerprint density at radius 1 is 1.26 bits per heavy atom. The van der Waals surface area contributed by atoms with Crippen LogP contribution in [0.25, 0.3) is 0 Å². The predicted molar refractivity (Wildman–Crippen MR) is 111 cm³/mol. The van der Waals surface area contributed by atoms with Crippen LogP contribution >= 0.6 is 0 Å². The van der Waals surface area contributed by atoms with E-state index in [1.54, 1.807) is 6.20 Å². The third-order valence-electron chi connectivity index (χ3n) is 3.89. The number of hydrogen-bond acceptors (Lipinski definition) is 3. The SMILES string of the molecule is CCNC(=NCc1cccc(Cn2ccnc2)c1)NCCCOCC(C)C. The number of guanidine groups is 1. The average Bonchev–Trinajstić information content (AvgIpc) is 3.15. The van der Waals surface area contributed by atoms with E-state index in [1.807, 2.05) is 12.5 Å². The second-order valence-corrected chi connectivity index (χ2v) is 7.00. The van der Waals surface area contributed by atoms with Crippen LogP contribution in [0.5, 0.6) is 0 Å². The van der Waals surface area contributed by atoms with Gasteiger partial charge in [-0.25, -0.2) is 9.98 Å². The van der Waals surface area contributed by atoms with Crippen molar-refractivity contribution in [1.29, 1.82) is 0 Å². The van der Waals surface area contributed by atoms with Crippen molar-refractivity contribution >= 4 is 5.96 Å². The lowest BCUT2D eigenvalue weighted by molar-refractivity contribution is 0.108. The van der Waals surface area contributed by atoms with E-state index in [9.17, 15) is 0 Å². The molecular weight excluding hydrogens is 338 g/mol. The molecule has 0 aliphatic heterocycles. The van der Waals surface area contributed by atoms with Crippen LogP contribution < -0.4 is 10.6 Å². The molecule has 0 unspecified atom stereocenters. The summed E-state index contributed by atoms with van der Waals surface area (Å²) >= 11 is 0. The Hall–Kier alpha value is -2.34. The summed E-state index contributed by atoms with van der Waals surface area (Å²) in [6.07, 6.45) is 6.58. The lowest BCUT2D eigenvalue weighted by Crippen LogP contribution is -2.38. The van der Waals surface area contributed by atoms with Crippen molar-refractivity contribution in [2.24, 2.45) is 10.9 Å². The molecule has 0 saturated carbocycles. The third-order valence-corrected chi connectivity index (χ3v) is 3.89. The first kappa shape index (κ1) is 21.0. The van der Waals surface area contributed by atoms with Crippen LogP contribution in [0, 0.1) is 5.92 Å². The van der Waals surface area contributed by atoms with E-state index in [2.05, 4.69) is 65.2 Å². The van der Waals surface area contributed by atoms with Crippen LogP contribution in [-0.4, -0.2) is 41.8 Å². The summed E-state index contributed by atoms with van der Waals surface area (Å²) in [6.45, 7) is 11.2. The molecule has 2 rings (SSSR count). The summed E-state index contributed by atoms with van der Waals surface area (Å²) in [5.74, 6) is 1.43. The molecule has 0 aliphatic carbocycles. The molecule has 0 amide bonds. The van der Waals surface area contributed by atoms with Gasteiger partial charge in [0, 0.05) is 45.2 Å². The Labute approximate surface area is 163 Å². The van der Waals surface area contributed by atoms with E-state index in [-0.39, 0.29) is 0 Å². The molecule has 2 aromatic rings. The van der Waals surface area contributed by atoms with E-state index in [4.69, 9.17) is 9.73 Å².